The second-order valence-corrected chi connectivity index (χ2v) is 12.3. The molecule has 2 heterocycles. The minimum absolute atomic E-state index is 0.112. The van der Waals surface area contributed by atoms with Crippen molar-refractivity contribution in [3.63, 3.8) is 0 Å². The summed E-state index contributed by atoms with van der Waals surface area (Å²) in [6, 6.07) is 18.5. The minimum atomic E-state index is -1.50. The summed E-state index contributed by atoms with van der Waals surface area (Å²) in [6.07, 6.45) is 0.540. The number of benzene rings is 3. The van der Waals surface area contributed by atoms with E-state index in [0.717, 1.165) is 22.4 Å². The molecule has 49 heavy (non-hydrogen) atoms. The van der Waals surface area contributed by atoms with Gasteiger partial charge in [0.1, 0.15) is 18.2 Å². The third kappa shape index (κ3) is 8.21. The molecule has 258 valence electrons. The van der Waals surface area contributed by atoms with E-state index >= 15 is 0 Å². The van der Waals surface area contributed by atoms with E-state index in [2.05, 4.69) is 21.8 Å². The Hall–Kier alpha value is -5.36. The number of anilines is 3. The Labute approximate surface area is 286 Å². The maximum atomic E-state index is 14.2. The van der Waals surface area contributed by atoms with Gasteiger partial charge in [0.05, 0.1) is 11.8 Å². The van der Waals surface area contributed by atoms with Gasteiger partial charge in [0.2, 0.25) is 12.3 Å². The molecule has 0 saturated carbocycles. The van der Waals surface area contributed by atoms with Gasteiger partial charge in [0.25, 0.3) is 11.8 Å². The molecule has 4 aromatic rings. The van der Waals surface area contributed by atoms with Crippen molar-refractivity contribution in [1.82, 2.24) is 9.78 Å². The number of aromatic carboxylic acids is 1. The summed E-state index contributed by atoms with van der Waals surface area (Å²) in [5.74, 6) is -1.36. The van der Waals surface area contributed by atoms with Crippen LogP contribution >= 0.6 is 0 Å². The highest BCUT2D eigenvalue weighted by atomic mass is 16.7. The average Bonchev–Trinajstić information content (AvgIpc) is 3.66. The van der Waals surface area contributed by atoms with Crippen LogP contribution in [0.2, 0.25) is 0 Å². The fourth-order valence-electron chi connectivity index (χ4n) is 5.72. The number of carbonyl (C=O) groups is 3. The molecular formula is C37H43N5O7. The standard InChI is InChI=1S/C37H43N5O7/c1-7-33(49-31-14-12-23(4)18-24(31)5)47-21-38-27-13-15-32(48-22(2)3)28(20-27)39-35(43)34(42-25(6)19-29(40-42)37(45)46)36(44)41-17-16-26-10-8-9-11-30(26)41/h8-15,18-20,22,33-34,38H,7,16-17,21H2,1-6H3,(H,39,43)(H,45,46). The zero-order chi connectivity index (χ0) is 35.2. The summed E-state index contributed by atoms with van der Waals surface area (Å²) in [5.41, 5.74) is 4.86. The van der Waals surface area contributed by atoms with Crippen LogP contribution in [0.25, 0.3) is 0 Å². The Morgan fingerprint density at radius 1 is 0.959 bits per heavy atom. The number of carboxylic acids is 1. The molecule has 5 rings (SSSR count). The van der Waals surface area contributed by atoms with E-state index in [1.165, 1.54) is 10.7 Å². The molecule has 1 aliphatic rings. The van der Waals surface area contributed by atoms with Crippen LogP contribution in [-0.4, -0.2) is 58.3 Å². The van der Waals surface area contributed by atoms with E-state index < -0.39 is 30.1 Å². The second kappa shape index (κ2) is 15.2. The summed E-state index contributed by atoms with van der Waals surface area (Å²) in [5, 5.41) is 19.9. The van der Waals surface area contributed by atoms with Gasteiger partial charge >= 0.3 is 5.97 Å². The Morgan fingerprint density at radius 2 is 1.71 bits per heavy atom. The van der Waals surface area contributed by atoms with E-state index in [9.17, 15) is 19.5 Å². The van der Waals surface area contributed by atoms with Crippen LogP contribution < -0.4 is 25.0 Å². The largest absolute Gasteiger partial charge is 0.489 e. The Bertz CT molecular complexity index is 1840. The Kier molecular flexibility index (Phi) is 10.9. The predicted molar refractivity (Wildman–Crippen MR) is 186 cm³/mol. The van der Waals surface area contributed by atoms with Crippen LogP contribution in [-0.2, 0) is 20.7 Å². The van der Waals surface area contributed by atoms with E-state index in [-0.39, 0.29) is 18.5 Å². The molecule has 0 bridgehead atoms. The number of ether oxygens (including phenoxy) is 3. The van der Waals surface area contributed by atoms with Crippen molar-refractivity contribution in [2.24, 2.45) is 0 Å². The molecule has 2 amide bonds. The first kappa shape index (κ1) is 35.0. The number of para-hydroxylation sites is 1. The molecule has 2 atom stereocenters. The molecule has 3 N–H and O–H groups in total. The maximum Gasteiger partial charge on any atom is 0.356 e. The van der Waals surface area contributed by atoms with Crippen molar-refractivity contribution < 1.29 is 33.7 Å². The van der Waals surface area contributed by atoms with Crippen LogP contribution in [0.1, 0.15) is 66.1 Å². The highest BCUT2D eigenvalue weighted by Crippen LogP contribution is 2.33. The maximum absolute atomic E-state index is 14.2. The molecular weight excluding hydrogens is 626 g/mol. The van der Waals surface area contributed by atoms with Crippen molar-refractivity contribution >= 4 is 34.8 Å². The van der Waals surface area contributed by atoms with Gasteiger partial charge in [-0.15, -0.1) is 0 Å². The number of carboxylic acid groups (broad SMARTS) is 1. The molecule has 12 nitrogen and oxygen atoms in total. The normalized spacial score (nSPS) is 13.5. The first-order valence-electron chi connectivity index (χ1n) is 16.3. The number of nitrogens with one attached hydrogen (secondary N) is 2. The van der Waals surface area contributed by atoms with E-state index in [4.69, 9.17) is 14.2 Å². The van der Waals surface area contributed by atoms with Gasteiger partial charge < -0.3 is 34.9 Å². The van der Waals surface area contributed by atoms with Gasteiger partial charge in [0.15, 0.2) is 5.69 Å². The monoisotopic (exact) mass is 669 g/mol. The summed E-state index contributed by atoms with van der Waals surface area (Å²) < 4.78 is 19.3. The first-order chi connectivity index (χ1) is 23.4. The van der Waals surface area contributed by atoms with Crippen molar-refractivity contribution in [1.29, 1.82) is 0 Å². The van der Waals surface area contributed by atoms with Crippen LogP contribution in [0.3, 0.4) is 0 Å². The lowest BCUT2D eigenvalue weighted by atomic mass is 10.1. The lowest BCUT2D eigenvalue weighted by molar-refractivity contribution is -0.130. The molecule has 0 radical (unpaired) electrons. The topological polar surface area (TPSA) is 144 Å². The van der Waals surface area contributed by atoms with E-state index in [1.807, 2.05) is 71.0 Å². The number of amides is 2. The molecule has 0 fully saturated rings. The van der Waals surface area contributed by atoms with Crippen molar-refractivity contribution in [2.75, 3.05) is 28.8 Å². The number of nitrogens with zero attached hydrogens (tertiary/aromatic N) is 3. The van der Waals surface area contributed by atoms with Gasteiger partial charge in [-0.25, -0.2) is 9.48 Å². The zero-order valence-electron chi connectivity index (χ0n) is 28.6. The lowest BCUT2D eigenvalue weighted by Crippen LogP contribution is -2.43. The number of hydrogen-bond acceptors (Lipinski definition) is 8. The number of rotatable bonds is 14. The average molecular weight is 670 g/mol. The van der Waals surface area contributed by atoms with Crippen LogP contribution in [0, 0.1) is 20.8 Å². The van der Waals surface area contributed by atoms with Gasteiger partial charge in [-0.3, -0.25) is 9.59 Å². The highest BCUT2D eigenvalue weighted by molar-refractivity contribution is 6.14. The molecule has 2 unspecified atom stereocenters. The fraction of sp³-hybridized carbons (Fsp3) is 0.351. The third-order valence-electron chi connectivity index (χ3n) is 8.09. The number of aromatic nitrogens is 2. The van der Waals surface area contributed by atoms with Crippen LogP contribution in [0.5, 0.6) is 11.5 Å². The van der Waals surface area contributed by atoms with Gasteiger partial charge in [-0.05, 0) is 88.6 Å². The molecule has 12 heteroatoms. The zero-order valence-corrected chi connectivity index (χ0v) is 28.6. The summed E-state index contributed by atoms with van der Waals surface area (Å²) >= 11 is 0. The lowest BCUT2D eigenvalue weighted by Gasteiger charge is -2.25. The van der Waals surface area contributed by atoms with Crippen molar-refractivity contribution in [2.45, 2.75) is 72.8 Å². The van der Waals surface area contributed by atoms with Gasteiger partial charge in [0, 0.05) is 30.0 Å². The van der Waals surface area contributed by atoms with Crippen molar-refractivity contribution in [3.8, 4) is 11.5 Å². The fourth-order valence-corrected chi connectivity index (χ4v) is 5.72. The molecule has 1 aromatic heterocycles. The molecule has 0 aliphatic carbocycles. The Morgan fingerprint density at radius 3 is 2.41 bits per heavy atom. The highest BCUT2D eigenvalue weighted by Gasteiger charge is 2.38. The second-order valence-electron chi connectivity index (χ2n) is 12.3. The SMILES string of the molecule is CCC(OCNc1ccc(OC(C)C)c(NC(=O)C(C(=O)N2CCc3ccccc32)n2nc(C(=O)O)cc2C)c1)Oc1ccc(C)cc1C. The van der Waals surface area contributed by atoms with Gasteiger partial charge in [-0.2, -0.15) is 5.10 Å². The molecule has 0 saturated heterocycles. The third-order valence-corrected chi connectivity index (χ3v) is 8.09. The van der Waals surface area contributed by atoms with Crippen LogP contribution in [0.4, 0.5) is 17.1 Å². The Balaban J connectivity index is 1.38. The molecule has 1 aliphatic heterocycles. The number of hydrogen-bond donors (Lipinski definition) is 3. The summed E-state index contributed by atoms with van der Waals surface area (Å²) in [4.78, 5) is 41.7. The smallest absolute Gasteiger partial charge is 0.356 e. The van der Waals surface area contributed by atoms with Crippen molar-refractivity contribution in [3.05, 3.63) is 94.8 Å². The quantitative estimate of drug-likeness (QED) is 0.105. The van der Waals surface area contributed by atoms with E-state index in [1.54, 1.807) is 30.0 Å². The minimum Gasteiger partial charge on any atom is -0.489 e. The van der Waals surface area contributed by atoms with Gasteiger partial charge in [-0.1, -0.05) is 42.8 Å². The number of aryl methyl sites for hydroxylation is 3. The summed E-state index contributed by atoms with van der Waals surface area (Å²) in [6.45, 7) is 11.8. The summed E-state index contributed by atoms with van der Waals surface area (Å²) in [7, 11) is 0. The molecule has 3 aromatic carbocycles. The van der Waals surface area contributed by atoms with E-state index in [0.29, 0.717) is 47.9 Å². The molecule has 0 spiro atoms. The van der Waals surface area contributed by atoms with Crippen LogP contribution in [0.15, 0.2) is 66.7 Å². The number of fused-ring (bicyclic) bond motifs is 1. The predicted octanol–water partition coefficient (Wildman–Crippen LogP) is 6.26. The number of carbonyl (C=O) groups excluding carboxylic acids is 2. The first-order valence-corrected chi connectivity index (χ1v) is 16.3.